The van der Waals surface area contributed by atoms with Gasteiger partial charge in [0.25, 0.3) is 0 Å². The minimum atomic E-state index is -0.408. The molecular weight excluding hydrogens is 290 g/mol. The Morgan fingerprint density at radius 1 is 1.19 bits per heavy atom. The van der Waals surface area contributed by atoms with E-state index in [0.29, 0.717) is 22.8 Å². The van der Waals surface area contributed by atoms with Crippen LogP contribution in [0.1, 0.15) is 15.9 Å². The van der Waals surface area contributed by atoms with Crippen LogP contribution in [-0.2, 0) is 11.3 Å². The first kappa shape index (κ1) is 15.2. The van der Waals surface area contributed by atoms with E-state index in [4.69, 9.17) is 21.1 Å². The van der Waals surface area contributed by atoms with Gasteiger partial charge in [0.15, 0.2) is 0 Å². The van der Waals surface area contributed by atoms with Crippen molar-refractivity contribution in [1.29, 1.82) is 0 Å². The predicted octanol–water partition coefficient (Wildman–Crippen LogP) is 3.75. The average Bonchev–Trinajstić information content (AvgIpc) is 2.52. The highest BCUT2D eigenvalue weighted by Crippen LogP contribution is 2.24. The third-order valence-electron chi connectivity index (χ3n) is 3.05. The maximum Gasteiger partial charge on any atom is 0.339 e. The normalized spacial score (nSPS) is 10.0. The summed E-state index contributed by atoms with van der Waals surface area (Å²) in [6.45, 7) is 0.508. The number of methoxy groups -OCH3 is 2. The van der Waals surface area contributed by atoms with Gasteiger partial charge in [-0.15, -0.1) is 0 Å². The smallest absolute Gasteiger partial charge is 0.339 e. The Morgan fingerprint density at radius 2 is 1.95 bits per heavy atom. The van der Waals surface area contributed by atoms with Gasteiger partial charge in [-0.1, -0.05) is 29.8 Å². The average molecular weight is 306 g/mol. The topological polar surface area (TPSA) is 47.6 Å². The zero-order valence-electron chi connectivity index (χ0n) is 11.9. The van der Waals surface area contributed by atoms with E-state index < -0.39 is 5.97 Å². The molecule has 0 aliphatic carbocycles. The molecule has 0 heterocycles. The summed E-state index contributed by atoms with van der Waals surface area (Å²) in [4.78, 5) is 11.7. The Balaban J connectivity index is 2.23. The fourth-order valence-corrected chi connectivity index (χ4v) is 2.16. The van der Waals surface area contributed by atoms with Crippen molar-refractivity contribution < 1.29 is 14.3 Å². The fraction of sp³-hybridized carbons (Fsp3) is 0.188. The highest BCUT2D eigenvalue weighted by Gasteiger charge is 2.12. The molecule has 0 unspecified atom stereocenters. The SMILES string of the molecule is COC(=O)c1ccc(Cl)cc1NCc1ccccc1OC. The van der Waals surface area contributed by atoms with E-state index in [2.05, 4.69) is 5.32 Å². The molecule has 0 bridgehead atoms. The summed E-state index contributed by atoms with van der Waals surface area (Å²) >= 11 is 5.99. The Bertz CT molecular complexity index is 643. The standard InChI is InChI=1S/C16H16ClNO3/c1-20-15-6-4-3-5-11(15)10-18-14-9-12(17)7-8-13(14)16(19)21-2/h3-9,18H,10H2,1-2H3. The van der Waals surface area contributed by atoms with Crippen LogP contribution in [0.4, 0.5) is 5.69 Å². The van der Waals surface area contributed by atoms with Crippen molar-refractivity contribution in [3.63, 3.8) is 0 Å². The van der Waals surface area contributed by atoms with Crippen LogP contribution in [0.25, 0.3) is 0 Å². The molecule has 2 aromatic carbocycles. The number of benzene rings is 2. The van der Waals surface area contributed by atoms with Gasteiger partial charge >= 0.3 is 5.97 Å². The second-order valence-electron chi connectivity index (χ2n) is 4.35. The van der Waals surface area contributed by atoms with Crippen LogP contribution in [0, 0.1) is 0 Å². The van der Waals surface area contributed by atoms with Gasteiger partial charge in [-0.3, -0.25) is 0 Å². The van der Waals surface area contributed by atoms with Crippen molar-refractivity contribution in [2.45, 2.75) is 6.54 Å². The molecule has 4 nitrogen and oxygen atoms in total. The van der Waals surface area contributed by atoms with Crippen LogP contribution >= 0.6 is 11.6 Å². The highest BCUT2D eigenvalue weighted by molar-refractivity contribution is 6.31. The molecule has 0 spiro atoms. The van der Waals surface area contributed by atoms with E-state index in [1.807, 2.05) is 24.3 Å². The van der Waals surface area contributed by atoms with Crippen molar-refractivity contribution in [1.82, 2.24) is 0 Å². The Labute approximate surface area is 128 Å². The van der Waals surface area contributed by atoms with Crippen LogP contribution in [0.2, 0.25) is 5.02 Å². The minimum absolute atomic E-state index is 0.408. The quantitative estimate of drug-likeness (QED) is 0.855. The van der Waals surface area contributed by atoms with Crippen LogP contribution in [0.5, 0.6) is 5.75 Å². The van der Waals surface area contributed by atoms with Gasteiger partial charge in [-0.05, 0) is 24.3 Å². The number of hydrogen-bond acceptors (Lipinski definition) is 4. The van der Waals surface area contributed by atoms with Crippen molar-refractivity contribution >= 4 is 23.3 Å². The summed E-state index contributed by atoms with van der Waals surface area (Å²) in [5, 5.41) is 3.74. The maximum absolute atomic E-state index is 11.7. The number of hydrogen-bond donors (Lipinski definition) is 1. The van der Waals surface area contributed by atoms with Gasteiger partial charge < -0.3 is 14.8 Å². The third kappa shape index (κ3) is 3.67. The van der Waals surface area contributed by atoms with Gasteiger partial charge in [0.05, 0.1) is 25.5 Å². The van der Waals surface area contributed by atoms with E-state index in [-0.39, 0.29) is 0 Å². The molecule has 0 saturated carbocycles. The number of para-hydroxylation sites is 1. The molecule has 0 radical (unpaired) electrons. The molecule has 1 N–H and O–H groups in total. The van der Waals surface area contributed by atoms with Crippen molar-refractivity contribution in [3.05, 3.63) is 58.6 Å². The lowest BCUT2D eigenvalue weighted by Crippen LogP contribution is -2.08. The number of carbonyl (C=O) groups excluding carboxylic acids is 1. The minimum Gasteiger partial charge on any atom is -0.496 e. The molecule has 0 aromatic heterocycles. The number of rotatable bonds is 5. The largest absolute Gasteiger partial charge is 0.496 e. The second kappa shape index (κ2) is 6.99. The molecule has 2 rings (SSSR count). The van der Waals surface area contributed by atoms with E-state index in [0.717, 1.165) is 11.3 Å². The van der Waals surface area contributed by atoms with Gasteiger partial charge in [0, 0.05) is 17.1 Å². The van der Waals surface area contributed by atoms with E-state index in [9.17, 15) is 4.79 Å². The molecule has 0 aliphatic rings. The summed E-state index contributed by atoms with van der Waals surface area (Å²) in [6.07, 6.45) is 0. The molecule has 0 atom stereocenters. The summed E-state index contributed by atoms with van der Waals surface area (Å²) in [7, 11) is 2.97. The Morgan fingerprint density at radius 3 is 2.67 bits per heavy atom. The summed E-state index contributed by atoms with van der Waals surface area (Å²) < 4.78 is 10.1. The van der Waals surface area contributed by atoms with Crippen LogP contribution in [0.3, 0.4) is 0 Å². The number of halogens is 1. The summed E-state index contributed by atoms with van der Waals surface area (Å²) in [5.41, 5.74) is 2.05. The first-order valence-corrected chi connectivity index (χ1v) is 6.77. The Kier molecular flexibility index (Phi) is 5.06. The maximum atomic E-state index is 11.7. The van der Waals surface area contributed by atoms with Crippen molar-refractivity contribution in [3.8, 4) is 5.75 Å². The van der Waals surface area contributed by atoms with E-state index in [1.165, 1.54) is 7.11 Å². The van der Waals surface area contributed by atoms with Gasteiger partial charge in [-0.2, -0.15) is 0 Å². The molecule has 0 amide bonds. The van der Waals surface area contributed by atoms with Crippen molar-refractivity contribution in [2.24, 2.45) is 0 Å². The lowest BCUT2D eigenvalue weighted by atomic mass is 10.1. The highest BCUT2D eigenvalue weighted by atomic mass is 35.5. The number of esters is 1. The van der Waals surface area contributed by atoms with E-state index >= 15 is 0 Å². The lowest BCUT2D eigenvalue weighted by molar-refractivity contribution is 0.0602. The third-order valence-corrected chi connectivity index (χ3v) is 3.28. The zero-order valence-corrected chi connectivity index (χ0v) is 12.6. The second-order valence-corrected chi connectivity index (χ2v) is 4.78. The van der Waals surface area contributed by atoms with Gasteiger partial charge in [0.2, 0.25) is 0 Å². The number of anilines is 1. The molecular formula is C16H16ClNO3. The summed E-state index contributed by atoms with van der Waals surface area (Å²) in [5.74, 6) is 0.376. The molecule has 5 heteroatoms. The number of nitrogens with one attached hydrogen (secondary N) is 1. The number of carbonyl (C=O) groups is 1. The lowest BCUT2D eigenvalue weighted by Gasteiger charge is -2.13. The van der Waals surface area contributed by atoms with Crippen LogP contribution in [0.15, 0.2) is 42.5 Å². The molecule has 2 aromatic rings. The van der Waals surface area contributed by atoms with Gasteiger partial charge in [0.1, 0.15) is 5.75 Å². The Hall–Kier alpha value is -2.20. The molecule has 0 aliphatic heterocycles. The van der Waals surface area contributed by atoms with Crippen molar-refractivity contribution in [2.75, 3.05) is 19.5 Å². The monoisotopic (exact) mass is 305 g/mol. The first-order valence-electron chi connectivity index (χ1n) is 6.39. The van der Waals surface area contributed by atoms with E-state index in [1.54, 1.807) is 25.3 Å². The molecule has 21 heavy (non-hydrogen) atoms. The zero-order chi connectivity index (χ0) is 15.2. The molecule has 0 saturated heterocycles. The molecule has 110 valence electrons. The molecule has 0 fully saturated rings. The number of ether oxygens (including phenoxy) is 2. The first-order chi connectivity index (χ1) is 10.2. The van der Waals surface area contributed by atoms with Gasteiger partial charge in [-0.25, -0.2) is 4.79 Å². The summed E-state index contributed by atoms with van der Waals surface area (Å²) in [6, 6.07) is 12.7. The van der Waals surface area contributed by atoms with Crippen LogP contribution in [-0.4, -0.2) is 20.2 Å². The van der Waals surface area contributed by atoms with Crippen LogP contribution < -0.4 is 10.1 Å². The fourth-order valence-electron chi connectivity index (χ4n) is 1.99. The predicted molar refractivity (Wildman–Crippen MR) is 83.1 cm³/mol.